The fourth-order valence-electron chi connectivity index (χ4n) is 3.21. The minimum Gasteiger partial charge on any atom is -0.339 e. The highest BCUT2D eigenvalue weighted by atomic mass is 35.5. The third-order valence-corrected chi connectivity index (χ3v) is 8.23. The molecule has 0 spiro atoms. The van der Waals surface area contributed by atoms with Crippen molar-refractivity contribution in [1.29, 1.82) is 0 Å². The SMILES string of the molecule is CSc1ccc(S(=O)(=O)Nc2cc(Cl)c(Cl)cc2Cl)cc1C(=O)N1CCC(C)CC1. The van der Waals surface area contributed by atoms with Gasteiger partial charge in [0, 0.05) is 18.0 Å². The summed E-state index contributed by atoms with van der Waals surface area (Å²) in [4.78, 5) is 15.6. The van der Waals surface area contributed by atoms with Crippen LogP contribution in [0.1, 0.15) is 30.1 Å². The number of amides is 1. The van der Waals surface area contributed by atoms with Crippen LogP contribution in [0.15, 0.2) is 40.1 Å². The number of halogens is 3. The maximum atomic E-state index is 13.1. The molecule has 0 unspecified atom stereocenters. The molecule has 1 heterocycles. The third kappa shape index (κ3) is 5.19. The molecule has 0 aromatic heterocycles. The maximum Gasteiger partial charge on any atom is 0.261 e. The number of benzene rings is 2. The summed E-state index contributed by atoms with van der Waals surface area (Å²) in [6.45, 7) is 3.51. The van der Waals surface area contributed by atoms with E-state index in [1.807, 2.05) is 6.26 Å². The van der Waals surface area contributed by atoms with Gasteiger partial charge >= 0.3 is 0 Å². The van der Waals surface area contributed by atoms with Crippen molar-refractivity contribution in [2.45, 2.75) is 29.6 Å². The molecule has 1 aliphatic rings. The van der Waals surface area contributed by atoms with Gasteiger partial charge in [0.05, 0.1) is 31.2 Å². The lowest BCUT2D eigenvalue weighted by Gasteiger charge is -2.30. The number of carbonyl (C=O) groups excluding carboxylic acids is 1. The molecule has 1 aliphatic heterocycles. The summed E-state index contributed by atoms with van der Waals surface area (Å²) in [5, 5.41) is 0.511. The average molecular weight is 508 g/mol. The molecule has 1 fully saturated rings. The van der Waals surface area contributed by atoms with Gasteiger partial charge in [-0.2, -0.15) is 0 Å². The molecule has 5 nitrogen and oxygen atoms in total. The van der Waals surface area contributed by atoms with Crippen LogP contribution in [0.5, 0.6) is 0 Å². The number of thioether (sulfide) groups is 1. The average Bonchev–Trinajstić information content (AvgIpc) is 2.71. The standard InChI is InChI=1S/C20H21Cl3N2O3S2/c1-12-5-7-25(8-6-12)20(26)14-9-13(3-4-19(14)29-2)30(27,28)24-18-11-16(22)15(21)10-17(18)23/h3-4,9-12,24H,5-8H2,1-2H3. The molecule has 0 saturated carbocycles. The van der Waals surface area contributed by atoms with Crippen molar-refractivity contribution < 1.29 is 13.2 Å². The summed E-state index contributed by atoms with van der Waals surface area (Å²) in [6.07, 6.45) is 3.73. The van der Waals surface area contributed by atoms with Crippen LogP contribution in [0.3, 0.4) is 0 Å². The van der Waals surface area contributed by atoms with Gasteiger partial charge in [-0.05, 0) is 55.3 Å². The van der Waals surface area contributed by atoms with Crippen molar-refractivity contribution in [1.82, 2.24) is 4.90 Å². The van der Waals surface area contributed by atoms with E-state index in [1.54, 1.807) is 11.0 Å². The monoisotopic (exact) mass is 506 g/mol. The van der Waals surface area contributed by atoms with Gasteiger partial charge in [0.15, 0.2) is 0 Å². The van der Waals surface area contributed by atoms with Crippen LogP contribution < -0.4 is 4.72 Å². The molecule has 0 radical (unpaired) electrons. The van der Waals surface area contributed by atoms with Crippen molar-refractivity contribution in [3.63, 3.8) is 0 Å². The fraction of sp³-hybridized carbons (Fsp3) is 0.350. The molecule has 2 aromatic carbocycles. The first-order valence-electron chi connectivity index (χ1n) is 9.27. The Hall–Kier alpha value is -1.12. The first-order valence-corrected chi connectivity index (χ1v) is 13.1. The second-order valence-electron chi connectivity index (χ2n) is 7.19. The minimum atomic E-state index is -4.00. The van der Waals surface area contributed by atoms with Crippen LogP contribution in [0.4, 0.5) is 5.69 Å². The topological polar surface area (TPSA) is 66.5 Å². The predicted molar refractivity (Wildman–Crippen MR) is 125 cm³/mol. The lowest BCUT2D eigenvalue weighted by molar-refractivity contribution is 0.0693. The predicted octanol–water partition coefficient (Wildman–Crippen LogP) is 6.04. The number of likely N-dealkylation sites (tertiary alicyclic amines) is 1. The van der Waals surface area contributed by atoms with Crippen molar-refractivity contribution in [2.24, 2.45) is 5.92 Å². The van der Waals surface area contributed by atoms with Gasteiger partial charge < -0.3 is 4.90 Å². The van der Waals surface area contributed by atoms with Gasteiger partial charge in [-0.15, -0.1) is 11.8 Å². The summed E-state index contributed by atoms with van der Waals surface area (Å²) in [5.41, 5.74) is 0.484. The first-order chi connectivity index (χ1) is 14.1. The molecule has 3 rings (SSSR count). The van der Waals surface area contributed by atoms with Crippen LogP contribution in [0.2, 0.25) is 15.1 Å². The van der Waals surface area contributed by atoms with Crippen LogP contribution in [0.25, 0.3) is 0 Å². The maximum absolute atomic E-state index is 13.1. The fourth-order valence-corrected chi connectivity index (χ4v) is 5.52. The lowest BCUT2D eigenvalue weighted by atomic mass is 9.98. The number of hydrogen-bond acceptors (Lipinski definition) is 4. The molecule has 0 aliphatic carbocycles. The summed E-state index contributed by atoms with van der Waals surface area (Å²) in [6, 6.07) is 7.25. The Bertz CT molecular complexity index is 1070. The van der Waals surface area contributed by atoms with Crippen molar-refractivity contribution in [2.75, 3.05) is 24.1 Å². The largest absolute Gasteiger partial charge is 0.339 e. The van der Waals surface area contributed by atoms with E-state index in [2.05, 4.69) is 11.6 Å². The van der Waals surface area contributed by atoms with Crippen LogP contribution in [0, 0.1) is 5.92 Å². The van der Waals surface area contributed by atoms with Gasteiger partial charge in [0.1, 0.15) is 0 Å². The second kappa shape index (κ2) is 9.57. The molecule has 162 valence electrons. The first kappa shape index (κ1) is 23.5. The van der Waals surface area contributed by atoms with E-state index < -0.39 is 10.0 Å². The van der Waals surface area contributed by atoms with Crippen LogP contribution in [-0.2, 0) is 10.0 Å². The minimum absolute atomic E-state index is 0.0313. The van der Waals surface area contributed by atoms with Crippen LogP contribution >= 0.6 is 46.6 Å². The number of rotatable bonds is 5. The number of anilines is 1. The van der Waals surface area contributed by atoms with E-state index in [0.29, 0.717) is 24.6 Å². The van der Waals surface area contributed by atoms with Crippen LogP contribution in [-0.4, -0.2) is 38.6 Å². The zero-order valence-electron chi connectivity index (χ0n) is 16.4. The zero-order chi connectivity index (χ0) is 22.1. The highest BCUT2D eigenvalue weighted by Crippen LogP contribution is 2.34. The number of carbonyl (C=O) groups is 1. The quantitative estimate of drug-likeness (QED) is 0.396. The Morgan fingerprint density at radius 2 is 1.70 bits per heavy atom. The molecule has 1 saturated heterocycles. The molecule has 30 heavy (non-hydrogen) atoms. The highest BCUT2D eigenvalue weighted by Gasteiger charge is 2.26. The van der Waals surface area contributed by atoms with E-state index >= 15 is 0 Å². The molecule has 0 bridgehead atoms. The second-order valence-corrected chi connectivity index (χ2v) is 10.9. The Labute approximate surface area is 196 Å². The number of nitrogens with zero attached hydrogens (tertiary/aromatic N) is 1. The summed E-state index contributed by atoms with van der Waals surface area (Å²) >= 11 is 19.4. The lowest BCUT2D eigenvalue weighted by Crippen LogP contribution is -2.38. The normalized spacial score (nSPS) is 15.3. The van der Waals surface area contributed by atoms with E-state index in [0.717, 1.165) is 17.7 Å². The van der Waals surface area contributed by atoms with E-state index in [4.69, 9.17) is 34.8 Å². The van der Waals surface area contributed by atoms with Crippen molar-refractivity contribution in [3.8, 4) is 0 Å². The summed E-state index contributed by atoms with van der Waals surface area (Å²) < 4.78 is 28.4. The molecule has 1 N–H and O–H groups in total. The molecule has 0 atom stereocenters. The van der Waals surface area contributed by atoms with Crippen molar-refractivity contribution in [3.05, 3.63) is 51.0 Å². The van der Waals surface area contributed by atoms with E-state index in [-0.39, 0.29) is 31.6 Å². The van der Waals surface area contributed by atoms with Gasteiger partial charge in [-0.3, -0.25) is 9.52 Å². The molecular formula is C20H21Cl3N2O3S2. The Kier molecular flexibility index (Phi) is 7.51. The Balaban J connectivity index is 1.93. The molecule has 10 heteroatoms. The smallest absolute Gasteiger partial charge is 0.261 e. The zero-order valence-corrected chi connectivity index (χ0v) is 20.3. The van der Waals surface area contributed by atoms with E-state index in [1.165, 1.54) is 36.0 Å². The van der Waals surface area contributed by atoms with Gasteiger partial charge in [-0.1, -0.05) is 41.7 Å². The summed E-state index contributed by atoms with van der Waals surface area (Å²) in [7, 11) is -4.00. The molecule has 2 aromatic rings. The molecular weight excluding hydrogens is 487 g/mol. The number of piperidine rings is 1. The number of sulfonamides is 1. The van der Waals surface area contributed by atoms with Crippen molar-refractivity contribution >= 4 is 68.2 Å². The van der Waals surface area contributed by atoms with Gasteiger partial charge in [0.25, 0.3) is 15.9 Å². The summed E-state index contributed by atoms with van der Waals surface area (Å²) in [5.74, 6) is 0.428. The molecule has 1 amide bonds. The number of nitrogens with one attached hydrogen (secondary N) is 1. The number of hydrogen-bond donors (Lipinski definition) is 1. The van der Waals surface area contributed by atoms with Gasteiger partial charge in [-0.25, -0.2) is 8.42 Å². The highest BCUT2D eigenvalue weighted by molar-refractivity contribution is 7.98. The Morgan fingerprint density at radius 1 is 1.07 bits per heavy atom. The van der Waals surface area contributed by atoms with Gasteiger partial charge in [0.2, 0.25) is 0 Å². The third-order valence-electron chi connectivity index (χ3n) is 5.04. The van der Waals surface area contributed by atoms with E-state index in [9.17, 15) is 13.2 Å². The Morgan fingerprint density at radius 3 is 2.33 bits per heavy atom.